The lowest BCUT2D eigenvalue weighted by molar-refractivity contribution is 0.0552. The van der Waals surface area contributed by atoms with Crippen molar-refractivity contribution in [3.8, 4) is 11.1 Å². The third kappa shape index (κ3) is 5.14. The van der Waals surface area contributed by atoms with E-state index in [1.165, 1.54) is 36.7 Å². The number of aryl methyl sites for hydroxylation is 1. The van der Waals surface area contributed by atoms with Gasteiger partial charge in [0.1, 0.15) is 6.26 Å². The average molecular weight is 462 g/mol. The highest BCUT2D eigenvalue weighted by atomic mass is 16.3. The van der Waals surface area contributed by atoms with Gasteiger partial charge in [-0.2, -0.15) is 0 Å². The summed E-state index contributed by atoms with van der Waals surface area (Å²) in [7, 11) is 2.04. The van der Waals surface area contributed by atoms with Crippen molar-refractivity contribution in [1.29, 1.82) is 0 Å². The molecule has 1 aliphatic rings. The lowest BCUT2D eigenvalue weighted by atomic mass is 9.96. The number of pyridine rings is 1. The second-order valence-electron chi connectivity index (χ2n) is 10.0. The first kappa shape index (κ1) is 24.0. The first-order valence-electron chi connectivity index (χ1n) is 11.9. The minimum absolute atomic E-state index is 0.134. The second kappa shape index (κ2) is 9.97. The number of aromatic nitrogens is 2. The van der Waals surface area contributed by atoms with E-state index in [0.29, 0.717) is 18.3 Å². The highest BCUT2D eigenvalue weighted by Crippen LogP contribution is 2.33. The van der Waals surface area contributed by atoms with Crippen LogP contribution in [-0.2, 0) is 6.54 Å². The quantitative estimate of drug-likeness (QED) is 0.575. The molecule has 1 amide bonds. The van der Waals surface area contributed by atoms with Crippen molar-refractivity contribution < 1.29 is 9.21 Å². The largest absolute Gasteiger partial charge is 0.451 e. The van der Waals surface area contributed by atoms with Gasteiger partial charge in [0.25, 0.3) is 5.91 Å². The number of benzene rings is 1. The highest BCUT2D eigenvalue weighted by molar-refractivity contribution is 5.92. The molecule has 34 heavy (non-hydrogen) atoms. The van der Waals surface area contributed by atoms with E-state index in [9.17, 15) is 4.79 Å². The third-order valence-electron chi connectivity index (χ3n) is 6.66. The molecule has 3 aromatic rings. The summed E-state index contributed by atoms with van der Waals surface area (Å²) >= 11 is 0. The SMILES string of the molecule is CNC1CCCN(c2cnccc2-c2ccc(CN(C(=O)c3cocn3)C(C)(C)C)c(C)c2)C1. The number of amides is 1. The Balaban J connectivity index is 1.61. The molecule has 180 valence electrons. The molecule has 1 N–H and O–H groups in total. The maximum Gasteiger partial charge on any atom is 0.276 e. The molecule has 7 heteroatoms. The number of hydrogen-bond acceptors (Lipinski definition) is 6. The maximum absolute atomic E-state index is 13.1. The van der Waals surface area contributed by atoms with E-state index < -0.39 is 0 Å². The van der Waals surface area contributed by atoms with Gasteiger partial charge in [-0.1, -0.05) is 18.2 Å². The van der Waals surface area contributed by atoms with Crippen LogP contribution in [0.5, 0.6) is 0 Å². The summed E-state index contributed by atoms with van der Waals surface area (Å²) in [5.74, 6) is -0.134. The summed E-state index contributed by atoms with van der Waals surface area (Å²) in [6.45, 7) is 10.7. The van der Waals surface area contributed by atoms with Gasteiger partial charge in [0.05, 0.1) is 11.9 Å². The van der Waals surface area contributed by atoms with Crippen molar-refractivity contribution in [2.24, 2.45) is 0 Å². The van der Waals surface area contributed by atoms with Crippen molar-refractivity contribution in [3.05, 3.63) is 66.1 Å². The second-order valence-corrected chi connectivity index (χ2v) is 10.0. The van der Waals surface area contributed by atoms with E-state index in [2.05, 4.69) is 51.4 Å². The number of nitrogens with one attached hydrogen (secondary N) is 1. The van der Waals surface area contributed by atoms with Crippen LogP contribution in [0.3, 0.4) is 0 Å². The van der Waals surface area contributed by atoms with E-state index in [1.54, 1.807) is 0 Å². The Bertz CT molecular complexity index is 1120. The molecule has 7 nitrogen and oxygen atoms in total. The van der Waals surface area contributed by atoms with Crippen molar-refractivity contribution in [3.63, 3.8) is 0 Å². The molecule has 4 rings (SSSR count). The first-order chi connectivity index (χ1) is 16.3. The maximum atomic E-state index is 13.1. The summed E-state index contributed by atoms with van der Waals surface area (Å²) in [4.78, 5) is 25.9. The fourth-order valence-corrected chi connectivity index (χ4v) is 4.59. The molecular weight excluding hydrogens is 426 g/mol. The predicted molar refractivity (Wildman–Crippen MR) is 135 cm³/mol. The van der Waals surface area contributed by atoms with E-state index in [4.69, 9.17) is 4.42 Å². The standard InChI is InChI=1S/C27H35N5O2/c1-19-13-20(23-10-11-29-14-25(23)31-12-6-7-22(16-31)28-5)8-9-21(19)15-32(27(2,3)4)26(33)24-17-34-18-30-24/h8-11,13-14,17-18,22,28H,6-7,12,15-16H2,1-5H3. The number of hydrogen-bond donors (Lipinski definition) is 1. The van der Waals surface area contributed by atoms with Crippen LogP contribution >= 0.6 is 0 Å². The van der Waals surface area contributed by atoms with Gasteiger partial charge in [-0.25, -0.2) is 4.98 Å². The van der Waals surface area contributed by atoms with Crippen molar-refractivity contribution in [2.45, 2.75) is 58.7 Å². The van der Waals surface area contributed by atoms with Gasteiger partial charge in [-0.05, 0) is 70.3 Å². The van der Waals surface area contributed by atoms with Crippen LogP contribution in [0.15, 0.2) is 53.7 Å². The Morgan fingerprint density at radius 2 is 2.12 bits per heavy atom. The Morgan fingerprint density at radius 1 is 1.29 bits per heavy atom. The van der Waals surface area contributed by atoms with Gasteiger partial charge in [0, 0.05) is 43.0 Å². The molecule has 1 fully saturated rings. The molecule has 0 radical (unpaired) electrons. The molecule has 1 saturated heterocycles. The summed E-state index contributed by atoms with van der Waals surface area (Å²) in [5, 5.41) is 3.42. The van der Waals surface area contributed by atoms with Crippen molar-refractivity contribution >= 4 is 11.6 Å². The van der Waals surface area contributed by atoms with Crippen LogP contribution in [0.4, 0.5) is 5.69 Å². The summed E-state index contributed by atoms with van der Waals surface area (Å²) in [6.07, 6.45) is 8.91. The number of piperidine rings is 1. The van der Waals surface area contributed by atoms with Gasteiger partial charge in [0.2, 0.25) is 0 Å². The molecule has 1 aromatic carbocycles. The lowest BCUT2D eigenvalue weighted by Crippen LogP contribution is -2.45. The fraction of sp³-hybridized carbons (Fsp3) is 0.444. The Hall–Kier alpha value is -3.19. The van der Waals surface area contributed by atoms with Crippen LogP contribution in [0.1, 0.15) is 55.2 Å². The van der Waals surface area contributed by atoms with Crippen LogP contribution < -0.4 is 10.2 Å². The Morgan fingerprint density at radius 3 is 2.79 bits per heavy atom. The van der Waals surface area contributed by atoms with Gasteiger partial charge < -0.3 is 19.5 Å². The Kier molecular flexibility index (Phi) is 7.03. The highest BCUT2D eigenvalue weighted by Gasteiger charge is 2.29. The minimum atomic E-state index is -0.364. The molecule has 0 spiro atoms. The first-order valence-corrected chi connectivity index (χ1v) is 11.9. The van der Waals surface area contributed by atoms with Gasteiger partial charge in [-0.15, -0.1) is 0 Å². The average Bonchev–Trinajstić information content (AvgIpc) is 3.37. The molecule has 0 aliphatic carbocycles. The van der Waals surface area contributed by atoms with Gasteiger partial charge in [0.15, 0.2) is 12.1 Å². The van der Waals surface area contributed by atoms with E-state index in [-0.39, 0.29) is 11.4 Å². The normalized spacial score (nSPS) is 16.5. The molecule has 1 aliphatic heterocycles. The molecule has 0 saturated carbocycles. The fourth-order valence-electron chi connectivity index (χ4n) is 4.59. The zero-order valence-electron chi connectivity index (χ0n) is 20.8. The van der Waals surface area contributed by atoms with Crippen LogP contribution in [0, 0.1) is 6.92 Å². The molecule has 1 atom stereocenters. The van der Waals surface area contributed by atoms with Crippen LogP contribution in [0.25, 0.3) is 11.1 Å². The van der Waals surface area contributed by atoms with Crippen LogP contribution in [0.2, 0.25) is 0 Å². The molecule has 1 unspecified atom stereocenters. The topological polar surface area (TPSA) is 74.5 Å². The number of anilines is 1. The van der Waals surface area contributed by atoms with Gasteiger partial charge in [-0.3, -0.25) is 9.78 Å². The lowest BCUT2D eigenvalue weighted by Gasteiger charge is -2.36. The number of nitrogens with zero attached hydrogens (tertiary/aromatic N) is 4. The number of oxazole rings is 1. The van der Waals surface area contributed by atoms with E-state index in [1.807, 2.05) is 45.1 Å². The number of likely N-dealkylation sites (N-methyl/N-ethyl adjacent to an activating group) is 1. The number of rotatable bonds is 6. The zero-order chi connectivity index (χ0) is 24.3. The Labute approximate surface area is 202 Å². The van der Waals surface area contributed by atoms with Crippen molar-refractivity contribution in [2.75, 3.05) is 25.0 Å². The monoisotopic (exact) mass is 461 g/mol. The van der Waals surface area contributed by atoms with Gasteiger partial charge >= 0.3 is 0 Å². The van der Waals surface area contributed by atoms with Crippen molar-refractivity contribution in [1.82, 2.24) is 20.2 Å². The smallest absolute Gasteiger partial charge is 0.276 e. The summed E-state index contributed by atoms with van der Waals surface area (Å²) < 4.78 is 5.04. The van der Waals surface area contributed by atoms with E-state index >= 15 is 0 Å². The summed E-state index contributed by atoms with van der Waals surface area (Å²) in [5.41, 5.74) is 5.74. The number of carbonyl (C=O) groups excluding carboxylic acids is 1. The number of carbonyl (C=O) groups is 1. The molecule has 0 bridgehead atoms. The molecule has 2 aromatic heterocycles. The van der Waals surface area contributed by atoms with Crippen LogP contribution in [-0.4, -0.2) is 52.5 Å². The minimum Gasteiger partial charge on any atom is -0.451 e. The van der Waals surface area contributed by atoms with E-state index in [0.717, 1.165) is 29.8 Å². The molecule has 3 heterocycles. The summed E-state index contributed by atoms with van der Waals surface area (Å²) in [6, 6.07) is 9.10. The third-order valence-corrected chi connectivity index (χ3v) is 6.66. The molecular formula is C27H35N5O2. The zero-order valence-corrected chi connectivity index (χ0v) is 20.8. The predicted octanol–water partition coefficient (Wildman–Crippen LogP) is 4.67.